The Morgan fingerprint density at radius 1 is 1.29 bits per heavy atom. The first kappa shape index (κ1) is 13.3. The summed E-state index contributed by atoms with van der Waals surface area (Å²) in [6.07, 6.45) is -4.56. The first-order valence-electron chi connectivity index (χ1n) is 5.08. The maximum atomic E-state index is 12.5. The summed E-state index contributed by atoms with van der Waals surface area (Å²) in [5.74, 6) is 0. The van der Waals surface area contributed by atoms with Crippen molar-refractivity contribution >= 4 is 17.1 Å². The summed E-state index contributed by atoms with van der Waals surface area (Å²) in [5, 5.41) is 4.74. The maximum Gasteiger partial charge on any atom is 0.431 e. The first-order chi connectivity index (χ1) is 7.84. The van der Waals surface area contributed by atoms with Crippen LogP contribution in [-0.2, 0) is 0 Å². The maximum absolute atomic E-state index is 12.5. The van der Waals surface area contributed by atoms with E-state index in [0.717, 1.165) is 0 Å². The molecular formula is C11H14F3N3. The molecule has 0 aliphatic rings. The highest BCUT2D eigenvalue weighted by atomic mass is 19.4. The van der Waals surface area contributed by atoms with Crippen LogP contribution in [0.4, 0.5) is 24.5 Å². The smallest absolute Gasteiger partial charge is 0.399 e. The molecule has 0 aromatic heterocycles. The molecule has 6 heteroatoms. The zero-order chi connectivity index (χ0) is 13.1. The summed E-state index contributed by atoms with van der Waals surface area (Å²) in [6, 6.07) is 6.45. The molecule has 0 fully saturated rings. The number of nitrogens with two attached hydrogens (primary N) is 1. The Morgan fingerprint density at radius 2 is 1.82 bits per heavy atom. The number of nitrogens with zero attached hydrogens (tertiary/aromatic N) is 2. The van der Waals surface area contributed by atoms with E-state index in [1.165, 1.54) is 19.0 Å². The third kappa shape index (κ3) is 3.65. The molecule has 0 atom stereocenters. The summed E-state index contributed by atoms with van der Waals surface area (Å²) in [7, 11) is 1.47. The molecule has 0 spiro atoms. The van der Waals surface area contributed by atoms with Gasteiger partial charge < -0.3 is 5.73 Å². The number of rotatable bonds is 3. The topological polar surface area (TPSA) is 41.6 Å². The van der Waals surface area contributed by atoms with Gasteiger partial charge in [-0.05, 0) is 30.7 Å². The van der Waals surface area contributed by atoms with Gasteiger partial charge in [-0.1, -0.05) is 6.92 Å². The first-order valence-corrected chi connectivity index (χ1v) is 5.08. The van der Waals surface area contributed by atoms with Gasteiger partial charge in [-0.15, -0.1) is 0 Å². The highest BCUT2D eigenvalue weighted by molar-refractivity contribution is 5.90. The Morgan fingerprint density at radius 3 is 2.24 bits per heavy atom. The van der Waals surface area contributed by atoms with Crippen molar-refractivity contribution in [2.75, 3.05) is 17.8 Å². The van der Waals surface area contributed by atoms with Crippen molar-refractivity contribution < 1.29 is 13.2 Å². The van der Waals surface area contributed by atoms with Crippen LogP contribution in [-0.4, -0.2) is 18.9 Å². The normalized spacial score (nSPS) is 12.6. The fraction of sp³-hybridized carbons (Fsp3) is 0.364. The molecule has 17 heavy (non-hydrogen) atoms. The summed E-state index contributed by atoms with van der Waals surface area (Å²) < 4.78 is 37.4. The highest BCUT2D eigenvalue weighted by Crippen LogP contribution is 2.22. The number of hydrogen-bond acceptors (Lipinski definition) is 3. The van der Waals surface area contributed by atoms with Crippen molar-refractivity contribution in [2.24, 2.45) is 5.10 Å². The largest absolute Gasteiger partial charge is 0.431 e. The van der Waals surface area contributed by atoms with E-state index in [1.54, 1.807) is 24.3 Å². The molecule has 0 aliphatic heterocycles. The number of nitrogen functional groups attached to an aromatic ring is 1. The van der Waals surface area contributed by atoms with Crippen molar-refractivity contribution in [3.63, 3.8) is 0 Å². The predicted octanol–water partition coefficient (Wildman–Crippen LogP) is 3.03. The molecule has 0 heterocycles. The average Bonchev–Trinajstić information content (AvgIpc) is 2.24. The summed E-state index contributed by atoms with van der Waals surface area (Å²) in [5.41, 5.74) is 5.78. The van der Waals surface area contributed by atoms with Crippen LogP contribution in [0.2, 0.25) is 0 Å². The van der Waals surface area contributed by atoms with Crippen molar-refractivity contribution in [1.82, 2.24) is 0 Å². The zero-order valence-electron chi connectivity index (χ0n) is 9.62. The second-order valence-corrected chi connectivity index (χ2v) is 3.51. The fourth-order valence-corrected chi connectivity index (χ4v) is 1.26. The molecule has 1 aromatic carbocycles. The lowest BCUT2D eigenvalue weighted by molar-refractivity contribution is -0.0605. The lowest BCUT2D eigenvalue weighted by atomic mass is 10.3. The van der Waals surface area contributed by atoms with Crippen LogP contribution in [0.1, 0.15) is 13.3 Å². The van der Waals surface area contributed by atoms with Crippen LogP contribution < -0.4 is 10.7 Å². The Hall–Kier alpha value is -1.72. The minimum Gasteiger partial charge on any atom is -0.399 e. The lowest BCUT2D eigenvalue weighted by Gasteiger charge is -2.16. The molecule has 0 amide bonds. The number of benzene rings is 1. The van der Waals surface area contributed by atoms with Gasteiger partial charge in [0.05, 0.1) is 5.69 Å². The van der Waals surface area contributed by atoms with Gasteiger partial charge in [-0.3, -0.25) is 5.01 Å². The standard InChI is InChI=1S/C11H14F3N3/c1-3-10(11(12,13)14)16-17(2)9-6-4-8(15)5-7-9/h4-7H,3,15H2,1-2H3/b16-10+. The molecule has 0 saturated heterocycles. The molecule has 1 aromatic rings. The SMILES string of the molecule is CC/C(=N\N(C)c1ccc(N)cc1)C(F)(F)F. The lowest BCUT2D eigenvalue weighted by Crippen LogP contribution is -2.26. The van der Waals surface area contributed by atoms with Crippen LogP contribution in [0.25, 0.3) is 0 Å². The van der Waals surface area contributed by atoms with E-state index >= 15 is 0 Å². The second-order valence-electron chi connectivity index (χ2n) is 3.51. The van der Waals surface area contributed by atoms with E-state index < -0.39 is 11.9 Å². The van der Waals surface area contributed by atoms with Crippen LogP contribution in [0.3, 0.4) is 0 Å². The highest BCUT2D eigenvalue weighted by Gasteiger charge is 2.34. The predicted molar refractivity (Wildman–Crippen MR) is 63.0 cm³/mol. The number of hydrogen-bond donors (Lipinski definition) is 1. The third-order valence-corrected chi connectivity index (χ3v) is 2.20. The fourth-order valence-electron chi connectivity index (χ4n) is 1.26. The van der Waals surface area contributed by atoms with Crippen molar-refractivity contribution in [3.8, 4) is 0 Å². The van der Waals surface area contributed by atoms with Gasteiger partial charge in [-0.2, -0.15) is 18.3 Å². The van der Waals surface area contributed by atoms with Gasteiger partial charge in [0.25, 0.3) is 0 Å². The molecule has 1 rings (SSSR count). The van der Waals surface area contributed by atoms with E-state index in [9.17, 15) is 13.2 Å². The third-order valence-electron chi connectivity index (χ3n) is 2.20. The molecule has 0 unspecified atom stereocenters. The van der Waals surface area contributed by atoms with E-state index in [-0.39, 0.29) is 6.42 Å². The minimum atomic E-state index is -4.39. The Kier molecular flexibility index (Phi) is 3.98. The monoisotopic (exact) mass is 245 g/mol. The van der Waals surface area contributed by atoms with Gasteiger partial charge in [0.15, 0.2) is 0 Å². The molecule has 0 saturated carbocycles. The molecule has 3 nitrogen and oxygen atoms in total. The molecule has 0 aliphatic carbocycles. The molecule has 0 radical (unpaired) electrons. The van der Waals surface area contributed by atoms with Crippen LogP contribution >= 0.6 is 0 Å². The Labute approximate surface area is 97.7 Å². The second kappa shape index (κ2) is 5.07. The van der Waals surface area contributed by atoms with Crippen molar-refractivity contribution in [2.45, 2.75) is 19.5 Å². The van der Waals surface area contributed by atoms with Crippen LogP contribution in [0, 0.1) is 0 Å². The van der Waals surface area contributed by atoms with Crippen LogP contribution in [0.5, 0.6) is 0 Å². The van der Waals surface area contributed by atoms with Gasteiger partial charge in [0.1, 0.15) is 5.71 Å². The quantitative estimate of drug-likeness (QED) is 0.505. The van der Waals surface area contributed by atoms with Crippen molar-refractivity contribution in [3.05, 3.63) is 24.3 Å². The summed E-state index contributed by atoms with van der Waals surface area (Å²) in [4.78, 5) is 0. The Balaban J connectivity index is 2.93. The van der Waals surface area contributed by atoms with Gasteiger partial charge in [0, 0.05) is 12.7 Å². The van der Waals surface area contributed by atoms with Crippen molar-refractivity contribution in [1.29, 1.82) is 0 Å². The zero-order valence-corrected chi connectivity index (χ0v) is 9.62. The molecule has 2 N–H and O–H groups in total. The van der Waals surface area contributed by atoms with Gasteiger partial charge >= 0.3 is 6.18 Å². The molecule has 0 bridgehead atoms. The minimum absolute atomic E-state index is 0.164. The summed E-state index contributed by atoms with van der Waals surface area (Å²) >= 11 is 0. The number of hydrazone groups is 1. The molecule has 94 valence electrons. The van der Waals surface area contributed by atoms with E-state index in [0.29, 0.717) is 11.4 Å². The van der Waals surface area contributed by atoms with E-state index in [4.69, 9.17) is 5.73 Å². The average molecular weight is 245 g/mol. The van der Waals surface area contributed by atoms with Gasteiger partial charge in [-0.25, -0.2) is 0 Å². The summed E-state index contributed by atoms with van der Waals surface area (Å²) in [6.45, 7) is 1.42. The van der Waals surface area contributed by atoms with Crippen LogP contribution in [0.15, 0.2) is 29.4 Å². The molecular weight excluding hydrogens is 231 g/mol. The van der Waals surface area contributed by atoms with Gasteiger partial charge in [0.2, 0.25) is 0 Å². The number of alkyl halides is 3. The van der Waals surface area contributed by atoms with E-state index in [2.05, 4.69) is 5.10 Å². The Bertz CT molecular complexity index is 395. The number of halogens is 3. The number of anilines is 2. The van der Waals surface area contributed by atoms with E-state index in [1.807, 2.05) is 0 Å².